The summed E-state index contributed by atoms with van der Waals surface area (Å²) >= 11 is 6.20. The number of nitro groups is 1. The topological polar surface area (TPSA) is 118 Å². The third-order valence-corrected chi connectivity index (χ3v) is 8.64. The number of nitrogens with one attached hydrogen (secondary N) is 2. The number of hydrogen-bond donors (Lipinski definition) is 2. The SMILES string of the molecule is C[C@@H](NC(=O)C1CCC(NS(=O)(=O)c2ccc(-c3ccccc3Cl)c([N+](=O)[O-])c2)CC1)c1ccc(F)cc1. The van der Waals surface area contributed by atoms with Gasteiger partial charge in [0.25, 0.3) is 5.69 Å². The normalized spacial score (nSPS) is 18.5. The van der Waals surface area contributed by atoms with Gasteiger partial charge in [0.15, 0.2) is 0 Å². The van der Waals surface area contributed by atoms with E-state index >= 15 is 0 Å². The van der Waals surface area contributed by atoms with Crippen molar-refractivity contribution in [2.75, 3.05) is 0 Å². The lowest BCUT2D eigenvalue weighted by Crippen LogP contribution is -2.41. The smallest absolute Gasteiger partial charge is 0.278 e. The van der Waals surface area contributed by atoms with Crippen LogP contribution in [0.4, 0.5) is 10.1 Å². The molecule has 0 unspecified atom stereocenters. The molecule has 8 nitrogen and oxygen atoms in total. The zero-order valence-electron chi connectivity index (χ0n) is 20.6. The lowest BCUT2D eigenvalue weighted by molar-refractivity contribution is -0.384. The van der Waals surface area contributed by atoms with Gasteiger partial charge >= 0.3 is 0 Å². The van der Waals surface area contributed by atoms with Gasteiger partial charge in [0.1, 0.15) is 5.82 Å². The van der Waals surface area contributed by atoms with Crippen molar-refractivity contribution in [1.82, 2.24) is 10.0 Å². The van der Waals surface area contributed by atoms with Crippen LogP contribution in [0, 0.1) is 21.8 Å². The molecule has 0 aromatic heterocycles. The Kier molecular flexibility index (Phi) is 8.44. The molecule has 4 rings (SSSR count). The summed E-state index contributed by atoms with van der Waals surface area (Å²) in [5.41, 5.74) is 1.08. The van der Waals surface area contributed by atoms with Gasteiger partial charge in [0.2, 0.25) is 15.9 Å². The molecule has 0 saturated heterocycles. The molecular weight excluding hydrogens is 533 g/mol. The van der Waals surface area contributed by atoms with Crippen LogP contribution in [-0.4, -0.2) is 25.3 Å². The van der Waals surface area contributed by atoms with Crippen LogP contribution in [0.1, 0.15) is 44.2 Å². The average molecular weight is 560 g/mol. The molecule has 11 heteroatoms. The number of benzene rings is 3. The van der Waals surface area contributed by atoms with Crippen molar-refractivity contribution in [3.05, 3.63) is 93.2 Å². The third-order valence-electron chi connectivity index (χ3n) is 6.79. The second kappa shape index (κ2) is 11.6. The minimum absolute atomic E-state index is 0.131. The number of amides is 1. The van der Waals surface area contributed by atoms with Gasteiger partial charge in [0, 0.05) is 28.6 Å². The van der Waals surface area contributed by atoms with Crippen LogP contribution in [0.25, 0.3) is 11.1 Å². The van der Waals surface area contributed by atoms with Crippen LogP contribution in [0.3, 0.4) is 0 Å². The molecule has 1 aliphatic rings. The molecule has 0 spiro atoms. The van der Waals surface area contributed by atoms with Crippen molar-refractivity contribution in [3.63, 3.8) is 0 Å². The maximum absolute atomic E-state index is 13.2. The first-order valence-corrected chi connectivity index (χ1v) is 14.0. The number of sulfonamides is 1. The Labute approximate surface area is 225 Å². The largest absolute Gasteiger partial charge is 0.349 e. The van der Waals surface area contributed by atoms with E-state index in [0.29, 0.717) is 36.3 Å². The van der Waals surface area contributed by atoms with Gasteiger partial charge in [-0.25, -0.2) is 17.5 Å². The van der Waals surface area contributed by atoms with Gasteiger partial charge in [-0.3, -0.25) is 14.9 Å². The summed E-state index contributed by atoms with van der Waals surface area (Å²) in [6, 6.07) is 15.6. The highest BCUT2D eigenvalue weighted by Gasteiger charge is 2.31. The predicted molar refractivity (Wildman–Crippen MR) is 143 cm³/mol. The highest BCUT2D eigenvalue weighted by Crippen LogP contribution is 2.36. The standard InChI is InChI=1S/C27H27ClFN3O5S/c1-17(18-6-10-20(29)11-7-18)30-27(33)19-8-12-21(13-9-19)31-38(36,37)22-14-15-24(26(16-22)32(34)35)23-4-2-3-5-25(23)28/h2-7,10-11,14-17,19,21,31H,8-9,12-13H2,1H3,(H,30,33)/t17-,19?,21?/m1/s1. The molecule has 0 aliphatic heterocycles. The average Bonchev–Trinajstić information content (AvgIpc) is 2.89. The number of hydrogen-bond acceptors (Lipinski definition) is 5. The number of halogens is 2. The summed E-state index contributed by atoms with van der Waals surface area (Å²) in [4.78, 5) is 23.6. The number of carbonyl (C=O) groups excluding carboxylic acids is 1. The zero-order valence-corrected chi connectivity index (χ0v) is 22.1. The van der Waals surface area contributed by atoms with Crippen LogP contribution in [-0.2, 0) is 14.8 Å². The first kappa shape index (κ1) is 27.7. The van der Waals surface area contributed by atoms with Gasteiger partial charge in [-0.05, 0) is 68.5 Å². The van der Waals surface area contributed by atoms with Crippen molar-refractivity contribution in [2.45, 2.75) is 49.6 Å². The predicted octanol–water partition coefficient (Wildman–Crippen LogP) is 5.77. The number of rotatable bonds is 8. The Morgan fingerprint density at radius 1 is 1.03 bits per heavy atom. The molecule has 0 radical (unpaired) electrons. The first-order chi connectivity index (χ1) is 18.0. The number of nitrogens with zero attached hydrogens (tertiary/aromatic N) is 1. The maximum Gasteiger partial charge on any atom is 0.278 e. The van der Waals surface area contributed by atoms with E-state index in [1.807, 2.05) is 6.92 Å². The van der Waals surface area contributed by atoms with E-state index in [1.165, 1.54) is 24.3 Å². The molecule has 1 saturated carbocycles. The molecule has 1 amide bonds. The lowest BCUT2D eigenvalue weighted by atomic mass is 9.85. The molecule has 2 N–H and O–H groups in total. The summed E-state index contributed by atoms with van der Waals surface area (Å²) in [5.74, 6) is -0.747. The summed E-state index contributed by atoms with van der Waals surface area (Å²) < 4.78 is 41.9. The molecule has 1 atom stereocenters. The van der Waals surface area contributed by atoms with Crippen molar-refractivity contribution in [1.29, 1.82) is 0 Å². The molecule has 38 heavy (non-hydrogen) atoms. The second-order valence-corrected chi connectivity index (χ2v) is 11.5. The van der Waals surface area contributed by atoms with E-state index in [4.69, 9.17) is 11.6 Å². The molecule has 200 valence electrons. The maximum atomic E-state index is 13.2. The Balaban J connectivity index is 1.39. The molecule has 3 aromatic carbocycles. The van der Waals surface area contributed by atoms with E-state index in [0.717, 1.165) is 11.6 Å². The van der Waals surface area contributed by atoms with Crippen molar-refractivity contribution >= 4 is 33.2 Å². The van der Waals surface area contributed by atoms with Crippen LogP contribution >= 0.6 is 11.6 Å². The van der Waals surface area contributed by atoms with Crippen LogP contribution in [0.15, 0.2) is 71.6 Å². The van der Waals surface area contributed by atoms with Gasteiger partial charge < -0.3 is 5.32 Å². The van der Waals surface area contributed by atoms with Gasteiger partial charge in [-0.2, -0.15) is 0 Å². The monoisotopic (exact) mass is 559 g/mol. The quantitative estimate of drug-likeness (QED) is 0.268. The van der Waals surface area contributed by atoms with E-state index in [9.17, 15) is 27.7 Å². The minimum Gasteiger partial charge on any atom is -0.349 e. The summed E-state index contributed by atoms with van der Waals surface area (Å²) in [6.07, 6.45) is 1.87. The number of nitro benzene ring substituents is 1. The van der Waals surface area contributed by atoms with Crippen LogP contribution in [0.5, 0.6) is 0 Å². The molecule has 3 aromatic rings. The summed E-state index contributed by atoms with van der Waals surface area (Å²) in [7, 11) is -4.04. The molecule has 1 aliphatic carbocycles. The first-order valence-electron chi connectivity index (χ1n) is 12.2. The number of carbonyl (C=O) groups is 1. The van der Waals surface area contributed by atoms with E-state index in [1.54, 1.807) is 36.4 Å². The van der Waals surface area contributed by atoms with Crippen LogP contribution in [0.2, 0.25) is 5.02 Å². The molecule has 0 heterocycles. The molecule has 1 fully saturated rings. The molecular formula is C27H27ClFN3O5S. The summed E-state index contributed by atoms with van der Waals surface area (Å²) in [5, 5.41) is 15.0. The fourth-order valence-corrected chi connectivity index (χ4v) is 6.23. The Morgan fingerprint density at radius 3 is 2.32 bits per heavy atom. The van der Waals surface area contributed by atoms with E-state index in [-0.39, 0.29) is 39.8 Å². The Hall–Kier alpha value is -3.34. The summed E-state index contributed by atoms with van der Waals surface area (Å²) in [6.45, 7) is 1.82. The highest BCUT2D eigenvalue weighted by atomic mass is 35.5. The minimum atomic E-state index is -4.04. The second-order valence-electron chi connectivity index (χ2n) is 9.37. The Morgan fingerprint density at radius 2 is 1.68 bits per heavy atom. The fourth-order valence-electron chi connectivity index (χ4n) is 4.66. The lowest BCUT2D eigenvalue weighted by Gasteiger charge is -2.29. The van der Waals surface area contributed by atoms with Crippen LogP contribution < -0.4 is 10.0 Å². The zero-order chi connectivity index (χ0) is 27.4. The Bertz CT molecular complexity index is 1440. The molecule has 0 bridgehead atoms. The van der Waals surface area contributed by atoms with E-state index < -0.39 is 21.0 Å². The van der Waals surface area contributed by atoms with Gasteiger partial charge in [-0.15, -0.1) is 0 Å². The van der Waals surface area contributed by atoms with Gasteiger partial charge in [0.05, 0.1) is 21.4 Å². The van der Waals surface area contributed by atoms with Crippen molar-refractivity contribution in [3.8, 4) is 11.1 Å². The third kappa shape index (κ3) is 6.38. The van der Waals surface area contributed by atoms with Crippen molar-refractivity contribution < 1.29 is 22.5 Å². The fraction of sp³-hybridized carbons (Fsp3) is 0.296. The highest BCUT2D eigenvalue weighted by molar-refractivity contribution is 7.89. The van der Waals surface area contributed by atoms with Crippen molar-refractivity contribution in [2.24, 2.45) is 5.92 Å². The van der Waals surface area contributed by atoms with Gasteiger partial charge in [-0.1, -0.05) is 41.9 Å². The van der Waals surface area contributed by atoms with E-state index in [2.05, 4.69) is 10.0 Å².